The van der Waals surface area contributed by atoms with Gasteiger partial charge in [0.2, 0.25) is 0 Å². The summed E-state index contributed by atoms with van der Waals surface area (Å²) in [4.78, 5) is 12.0. The number of ether oxygens (including phenoxy) is 1. The highest BCUT2D eigenvalue weighted by Crippen LogP contribution is 2.39. The molecule has 0 saturated heterocycles. The number of benzene rings is 1. The van der Waals surface area contributed by atoms with Crippen molar-refractivity contribution in [2.45, 2.75) is 6.43 Å². The van der Waals surface area contributed by atoms with Gasteiger partial charge >= 0.3 is 0 Å². The molecule has 1 amide bonds. The maximum atomic E-state index is 12.1. The molecule has 102 valence electrons. The molecule has 4 nitrogen and oxygen atoms in total. The summed E-state index contributed by atoms with van der Waals surface area (Å²) < 4.78 is 30.1. The molecular weight excluding hydrogens is 274 g/mol. The van der Waals surface area contributed by atoms with Gasteiger partial charge in [-0.1, -0.05) is 6.07 Å². The average molecular weight is 286 g/mol. The fourth-order valence-corrected chi connectivity index (χ4v) is 2.78. The van der Waals surface area contributed by atoms with Crippen molar-refractivity contribution in [1.82, 2.24) is 5.32 Å². The van der Waals surface area contributed by atoms with E-state index in [1.54, 1.807) is 18.2 Å². The van der Waals surface area contributed by atoms with E-state index in [1.807, 2.05) is 0 Å². The van der Waals surface area contributed by atoms with Gasteiger partial charge in [-0.2, -0.15) is 0 Å². The smallest absolute Gasteiger partial charge is 0.263 e. The summed E-state index contributed by atoms with van der Waals surface area (Å²) in [7, 11) is 1.50. The van der Waals surface area contributed by atoms with Gasteiger partial charge in [0.1, 0.15) is 10.6 Å². The van der Waals surface area contributed by atoms with Crippen LogP contribution in [-0.4, -0.2) is 26.0 Å². The highest BCUT2D eigenvalue weighted by molar-refractivity contribution is 7.21. The zero-order valence-corrected chi connectivity index (χ0v) is 10.9. The van der Waals surface area contributed by atoms with Crippen molar-refractivity contribution >= 4 is 33.0 Å². The molecule has 2 aromatic rings. The number of nitrogens with one attached hydrogen (secondary N) is 1. The van der Waals surface area contributed by atoms with Crippen LogP contribution in [0.15, 0.2) is 18.2 Å². The van der Waals surface area contributed by atoms with Gasteiger partial charge in [-0.3, -0.25) is 4.79 Å². The SMILES string of the molecule is COc1cccc2sc(C(=O)NCC(F)F)c(N)c12. The molecule has 1 aromatic carbocycles. The van der Waals surface area contributed by atoms with Gasteiger partial charge in [0.05, 0.1) is 24.7 Å². The molecule has 0 bridgehead atoms. The summed E-state index contributed by atoms with van der Waals surface area (Å²) in [6.07, 6.45) is -2.59. The molecule has 0 atom stereocenters. The molecule has 0 aliphatic rings. The van der Waals surface area contributed by atoms with Crippen LogP contribution in [0, 0.1) is 0 Å². The Kier molecular flexibility index (Phi) is 3.84. The number of methoxy groups -OCH3 is 1. The van der Waals surface area contributed by atoms with Crippen molar-refractivity contribution in [1.29, 1.82) is 0 Å². The van der Waals surface area contributed by atoms with Gasteiger partial charge in [-0.25, -0.2) is 8.78 Å². The van der Waals surface area contributed by atoms with Gasteiger partial charge in [0.25, 0.3) is 12.3 Å². The van der Waals surface area contributed by atoms with Crippen molar-refractivity contribution in [3.05, 3.63) is 23.1 Å². The topological polar surface area (TPSA) is 64.3 Å². The third-order valence-electron chi connectivity index (χ3n) is 2.56. The fraction of sp³-hybridized carbons (Fsp3) is 0.250. The van der Waals surface area contributed by atoms with Crippen molar-refractivity contribution in [2.24, 2.45) is 0 Å². The van der Waals surface area contributed by atoms with E-state index >= 15 is 0 Å². The van der Waals surface area contributed by atoms with E-state index in [0.29, 0.717) is 11.1 Å². The Morgan fingerprint density at radius 3 is 2.89 bits per heavy atom. The molecule has 0 aliphatic carbocycles. The van der Waals surface area contributed by atoms with Crippen molar-refractivity contribution < 1.29 is 18.3 Å². The molecule has 19 heavy (non-hydrogen) atoms. The third-order valence-corrected chi connectivity index (χ3v) is 3.73. The minimum Gasteiger partial charge on any atom is -0.496 e. The number of nitrogen functional groups attached to an aromatic ring is 1. The monoisotopic (exact) mass is 286 g/mol. The Bertz CT molecular complexity index is 613. The molecule has 0 saturated carbocycles. The number of halogens is 2. The van der Waals surface area contributed by atoms with E-state index in [1.165, 1.54) is 7.11 Å². The van der Waals surface area contributed by atoms with Crippen LogP contribution >= 0.6 is 11.3 Å². The second-order valence-electron chi connectivity index (χ2n) is 3.78. The minimum absolute atomic E-state index is 0.222. The second-order valence-corrected chi connectivity index (χ2v) is 4.83. The Morgan fingerprint density at radius 1 is 1.53 bits per heavy atom. The fourth-order valence-electron chi connectivity index (χ4n) is 1.73. The Morgan fingerprint density at radius 2 is 2.26 bits per heavy atom. The zero-order valence-electron chi connectivity index (χ0n) is 10.1. The molecule has 0 unspecified atom stereocenters. The summed E-state index contributed by atoms with van der Waals surface area (Å²) in [6.45, 7) is -0.691. The van der Waals surface area contributed by atoms with Gasteiger partial charge < -0.3 is 15.8 Å². The van der Waals surface area contributed by atoms with Gasteiger partial charge in [0.15, 0.2) is 0 Å². The summed E-state index contributed by atoms with van der Waals surface area (Å²) >= 11 is 1.15. The van der Waals surface area contributed by atoms with Gasteiger partial charge in [-0.15, -0.1) is 11.3 Å². The maximum absolute atomic E-state index is 12.1. The largest absolute Gasteiger partial charge is 0.496 e. The lowest BCUT2D eigenvalue weighted by molar-refractivity contribution is 0.0896. The maximum Gasteiger partial charge on any atom is 0.263 e. The van der Waals surface area contributed by atoms with Crippen LogP contribution in [0.5, 0.6) is 5.75 Å². The van der Waals surface area contributed by atoms with E-state index < -0.39 is 18.9 Å². The second kappa shape index (κ2) is 5.40. The Labute approximate surface area is 112 Å². The summed E-state index contributed by atoms with van der Waals surface area (Å²) in [5.74, 6) is -0.0415. The first kappa shape index (κ1) is 13.5. The molecule has 0 fully saturated rings. The van der Waals surface area contributed by atoms with Crippen LogP contribution in [0.4, 0.5) is 14.5 Å². The number of anilines is 1. The number of amides is 1. The predicted molar refractivity (Wildman–Crippen MR) is 71.1 cm³/mol. The van der Waals surface area contributed by atoms with Crippen molar-refractivity contribution in [2.75, 3.05) is 19.4 Å². The van der Waals surface area contributed by atoms with Crippen molar-refractivity contribution in [3.63, 3.8) is 0 Å². The number of fused-ring (bicyclic) bond motifs is 1. The van der Waals surface area contributed by atoms with E-state index in [4.69, 9.17) is 10.5 Å². The van der Waals surface area contributed by atoms with E-state index in [0.717, 1.165) is 16.0 Å². The summed E-state index contributed by atoms with van der Waals surface area (Å²) in [5.41, 5.74) is 6.16. The zero-order chi connectivity index (χ0) is 14.0. The average Bonchev–Trinajstić information content (AvgIpc) is 2.73. The number of carbonyl (C=O) groups is 1. The highest BCUT2D eigenvalue weighted by atomic mass is 32.1. The standard InChI is InChI=1S/C12H12F2N2O2S/c1-18-6-3-2-4-7-9(6)10(15)11(19-7)12(17)16-5-8(13)14/h2-4,8H,5,15H2,1H3,(H,16,17). The van der Waals surface area contributed by atoms with E-state index in [2.05, 4.69) is 5.32 Å². The molecule has 7 heteroatoms. The lowest BCUT2D eigenvalue weighted by Crippen LogP contribution is -2.28. The van der Waals surface area contributed by atoms with Crippen LogP contribution in [0.1, 0.15) is 9.67 Å². The molecule has 1 aromatic heterocycles. The first-order valence-corrected chi connectivity index (χ1v) is 6.27. The number of nitrogens with two attached hydrogens (primary N) is 1. The lowest BCUT2D eigenvalue weighted by atomic mass is 10.2. The van der Waals surface area contributed by atoms with Gasteiger partial charge in [0, 0.05) is 4.70 Å². The molecule has 3 N–H and O–H groups in total. The number of hydrogen-bond donors (Lipinski definition) is 2. The number of carbonyl (C=O) groups excluding carboxylic acids is 1. The lowest BCUT2D eigenvalue weighted by Gasteiger charge is -2.04. The van der Waals surface area contributed by atoms with Crippen LogP contribution in [0.25, 0.3) is 10.1 Å². The highest BCUT2D eigenvalue weighted by Gasteiger charge is 2.19. The van der Waals surface area contributed by atoms with Crippen LogP contribution < -0.4 is 15.8 Å². The number of thiophene rings is 1. The predicted octanol–water partition coefficient (Wildman–Crippen LogP) is 2.49. The van der Waals surface area contributed by atoms with Crippen LogP contribution in [-0.2, 0) is 0 Å². The van der Waals surface area contributed by atoms with Crippen LogP contribution in [0.3, 0.4) is 0 Å². The molecular formula is C12H12F2N2O2S. The van der Waals surface area contributed by atoms with Gasteiger partial charge in [-0.05, 0) is 12.1 Å². The number of alkyl halides is 2. The van der Waals surface area contributed by atoms with Crippen LogP contribution in [0.2, 0.25) is 0 Å². The number of rotatable bonds is 4. The minimum atomic E-state index is -2.59. The molecule has 0 aliphatic heterocycles. The first-order chi connectivity index (χ1) is 9.04. The molecule has 1 heterocycles. The molecule has 0 spiro atoms. The van der Waals surface area contributed by atoms with E-state index in [9.17, 15) is 13.6 Å². The summed E-state index contributed by atoms with van der Waals surface area (Å²) in [5, 5.41) is 2.77. The van der Waals surface area contributed by atoms with E-state index in [-0.39, 0.29) is 10.6 Å². The quantitative estimate of drug-likeness (QED) is 0.907. The molecule has 0 radical (unpaired) electrons. The normalized spacial score (nSPS) is 10.9. The first-order valence-electron chi connectivity index (χ1n) is 5.46. The Balaban J connectivity index is 2.40. The molecule has 2 rings (SSSR count). The summed E-state index contributed by atoms with van der Waals surface area (Å²) in [6, 6.07) is 5.30. The third kappa shape index (κ3) is 2.60. The number of hydrogen-bond acceptors (Lipinski definition) is 4. The Hall–Kier alpha value is -1.89. The van der Waals surface area contributed by atoms with Crippen molar-refractivity contribution in [3.8, 4) is 5.75 Å².